The van der Waals surface area contributed by atoms with Crippen LogP contribution in [0.3, 0.4) is 0 Å². The van der Waals surface area contributed by atoms with E-state index in [4.69, 9.17) is 14.2 Å². The van der Waals surface area contributed by atoms with Crippen molar-refractivity contribution in [1.82, 2.24) is 0 Å². The Kier molecular flexibility index (Phi) is 9.83. The molecule has 1 aromatic carbocycles. The van der Waals surface area contributed by atoms with Gasteiger partial charge in [-0.25, -0.2) is 0 Å². The molecule has 1 heterocycles. The lowest BCUT2D eigenvalue weighted by Crippen LogP contribution is -2.11. The van der Waals surface area contributed by atoms with E-state index in [1.54, 1.807) is 17.8 Å². The van der Waals surface area contributed by atoms with Gasteiger partial charge in [-0.2, -0.15) is 0 Å². The second-order valence-corrected chi connectivity index (χ2v) is 6.36. The Hall–Kier alpha value is -1.24. The van der Waals surface area contributed by atoms with Gasteiger partial charge in [0.2, 0.25) is 0 Å². The van der Waals surface area contributed by atoms with E-state index in [0.29, 0.717) is 38.2 Å². The number of phenolic OH excluding ortho intramolecular Hbond substituents is 1. The van der Waals surface area contributed by atoms with Gasteiger partial charge in [-0.3, -0.25) is 4.99 Å². The van der Waals surface area contributed by atoms with Crippen molar-refractivity contribution in [2.24, 2.45) is 4.99 Å². The monoisotopic (exact) mass is 355 g/mol. The zero-order valence-electron chi connectivity index (χ0n) is 13.8. The Labute approximate surface area is 149 Å². The SMILES string of the molecule is C.CCCOCCOCCOc1ccc(C2=NC(C)CS2)c(O)c1. The van der Waals surface area contributed by atoms with Crippen LogP contribution in [0.4, 0.5) is 0 Å². The fourth-order valence-corrected chi connectivity index (χ4v) is 3.14. The van der Waals surface area contributed by atoms with Crippen LogP contribution in [0.1, 0.15) is 33.3 Å². The van der Waals surface area contributed by atoms with Gasteiger partial charge in [0.15, 0.2) is 0 Å². The van der Waals surface area contributed by atoms with Crippen LogP contribution in [-0.4, -0.2) is 55.0 Å². The molecule has 1 aliphatic heterocycles. The molecule has 1 aliphatic rings. The minimum absolute atomic E-state index is 0. The zero-order chi connectivity index (χ0) is 16.5. The second-order valence-electron chi connectivity index (χ2n) is 5.35. The van der Waals surface area contributed by atoms with Crippen molar-refractivity contribution in [3.8, 4) is 11.5 Å². The Bertz CT molecular complexity index is 522. The quantitative estimate of drug-likeness (QED) is 0.648. The normalized spacial score (nSPS) is 16.6. The number of hydrogen-bond donors (Lipinski definition) is 1. The van der Waals surface area contributed by atoms with E-state index < -0.39 is 0 Å². The molecular formula is C18H29NO4S. The summed E-state index contributed by atoms with van der Waals surface area (Å²) >= 11 is 1.67. The molecule has 136 valence electrons. The van der Waals surface area contributed by atoms with Crippen molar-refractivity contribution in [1.29, 1.82) is 0 Å². The molecule has 0 fully saturated rings. The molecule has 0 aliphatic carbocycles. The second kappa shape index (κ2) is 11.3. The first-order chi connectivity index (χ1) is 11.2. The summed E-state index contributed by atoms with van der Waals surface area (Å²) in [6, 6.07) is 5.65. The van der Waals surface area contributed by atoms with Crippen LogP contribution in [0.2, 0.25) is 0 Å². The highest BCUT2D eigenvalue weighted by atomic mass is 32.2. The molecule has 0 spiro atoms. The lowest BCUT2D eigenvalue weighted by molar-refractivity contribution is 0.0366. The molecule has 0 amide bonds. The molecule has 1 N–H and O–H groups in total. The lowest BCUT2D eigenvalue weighted by Gasteiger charge is -2.09. The molecule has 0 radical (unpaired) electrons. The summed E-state index contributed by atoms with van der Waals surface area (Å²) in [5.74, 6) is 1.80. The smallest absolute Gasteiger partial charge is 0.129 e. The van der Waals surface area contributed by atoms with Crippen LogP contribution in [-0.2, 0) is 9.47 Å². The van der Waals surface area contributed by atoms with Crippen LogP contribution in [0.5, 0.6) is 11.5 Å². The minimum atomic E-state index is 0. The number of phenols is 1. The van der Waals surface area contributed by atoms with Crippen molar-refractivity contribution >= 4 is 16.8 Å². The van der Waals surface area contributed by atoms with E-state index in [1.807, 2.05) is 12.1 Å². The van der Waals surface area contributed by atoms with Gasteiger partial charge >= 0.3 is 0 Å². The number of ether oxygens (including phenoxy) is 3. The Morgan fingerprint density at radius 3 is 2.50 bits per heavy atom. The van der Waals surface area contributed by atoms with E-state index in [2.05, 4.69) is 18.8 Å². The number of benzene rings is 1. The minimum Gasteiger partial charge on any atom is -0.507 e. The molecule has 2 rings (SSSR count). The largest absolute Gasteiger partial charge is 0.507 e. The van der Waals surface area contributed by atoms with E-state index >= 15 is 0 Å². The third-order valence-corrected chi connectivity index (χ3v) is 4.46. The zero-order valence-corrected chi connectivity index (χ0v) is 14.6. The Morgan fingerprint density at radius 1 is 1.17 bits per heavy atom. The maximum absolute atomic E-state index is 10.1. The first kappa shape index (κ1) is 20.8. The van der Waals surface area contributed by atoms with Crippen molar-refractivity contribution in [3.63, 3.8) is 0 Å². The van der Waals surface area contributed by atoms with Crippen LogP contribution in [0.25, 0.3) is 0 Å². The first-order valence-corrected chi connectivity index (χ1v) is 9.01. The fraction of sp³-hybridized carbons (Fsp3) is 0.611. The average molecular weight is 356 g/mol. The van der Waals surface area contributed by atoms with Gasteiger partial charge in [0.1, 0.15) is 23.1 Å². The molecule has 1 atom stereocenters. The van der Waals surface area contributed by atoms with E-state index in [1.165, 1.54) is 0 Å². The fourth-order valence-electron chi connectivity index (χ4n) is 2.09. The Balaban J connectivity index is 0.00000288. The number of rotatable bonds is 10. The maximum Gasteiger partial charge on any atom is 0.129 e. The van der Waals surface area contributed by atoms with Gasteiger partial charge in [0.05, 0.1) is 25.9 Å². The predicted octanol–water partition coefficient (Wildman–Crippen LogP) is 3.73. The summed E-state index contributed by atoms with van der Waals surface area (Å²) in [6.07, 6.45) is 1.02. The van der Waals surface area contributed by atoms with Gasteiger partial charge in [0, 0.05) is 24.0 Å². The summed E-state index contributed by atoms with van der Waals surface area (Å²) in [5.41, 5.74) is 0.774. The van der Waals surface area contributed by atoms with E-state index in [9.17, 15) is 5.11 Å². The van der Waals surface area contributed by atoms with Gasteiger partial charge in [-0.15, -0.1) is 11.8 Å². The topological polar surface area (TPSA) is 60.3 Å². The summed E-state index contributed by atoms with van der Waals surface area (Å²) in [7, 11) is 0. The molecule has 6 heteroatoms. The molecule has 1 unspecified atom stereocenters. The van der Waals surface area contributed by atoms with Gasteiger partial charge < -0.3 is 19.3 Å². The van der Waals surface area contributed by atoms with E-state index in [-0.39, 0.29) is 13.2 Å². The van der Waals surface area contributed by atoms with E-state index in [0.717, 1.165) is 29.4 Å². The number of hydrogen-bond acceptors (Lipinski definition) is 6. The van der Waals surface area contributed by atoms with Crippen molar-refractivity contribution < 1.29 is 19.3 Å². The van der Waals surface area contributed by atoms with Crippen molar-refractivity contribution in [2.75, 3.05) is 38.8 Å². The number of thioether (sulfide) groups is 1. The third kappa shape index (κ3) is 6.71. The molecule has 5 nitrogen and oxygen atoms in total. The highest BCUT2D eigenvalue weighted by Gasteiger charge is 2.18. The van der Waals surface area contributed by atoms with Gasteiger partial charge in [-0.1, -0.05) is 14.4 Å². The van der Waals surface area contributed by atoms with Crippen LogP contribution in [0.15, 0.2) is 23.2 Å². The molecule has 24 heavy (non-hydrogen) atoms. The van der Waals surface area contributed by atoms with Crippen LogP contribution >= 0.6 is 11.8 Å². The Morgan fingerprint density at radius 2 is 1.88 bits per heavy atom. The molecule has 0 saturated carbocycles. The molecule has 0 aromatic heterocycles. The molecular weight excluding hydrogens is 326 g/mol. The maximum atomic E-state index is 10.1. The predicted molar refractivity (Wildman–Crippen MR) is 101 cm³/mol. The lowest BCUT2D eigenvalue weighted by atomic mass is 10.2. The van der Waals surface area contributed by atoms with Crippen molar-refractivity contribution in [2.45, 2.75) is 33.7 Å². The van der Waals surface area contributed by atoms with Crippen molar-refractivity contribution in [3.05, 3.63) is 23.8 Å². The average Bonchev–Trinajstić information content (AvgIpc) is 2.96. The molecule has 0 saturated heterocycles. The summed E-state index contributed by atoms with van der Waals surface area (Å²) < 4.78 is 16.3. The third-order valence-electron chi connectivity index (χ3n) is 3.22. The molecule has 0 bridgehead atoms. The summed E-state index contributed by atoms with van der Waals surface area (Å²) in [5, 5.41) is 11.0. The molecule has 1 aromatic rings. The number of nitrogens with zero attached hydrogens (tertiary/aromatic N) is 1. The van der Waals surface area contributed by atoms with Crippen LogP contribution in [0, 0.1) is 0 Å². The van der Waals surface area contributed by atoms with Gasteiger partial charge in [-0.05, 0) is 25.5 Å². The number of aromatic hydroxyl groups is 1. The highest BCUT2D eigenvalue weighted by Crippen LogP contribution is 2.31. The summed E-state index contributed by atoms with van der Waals surface area (Å²) in [6.45, 7) is 7.05. The van der Waals surface area contributed by atoms with Crippen LogP contribution < -0.4 is 4.74 Å². The van der Waals surface area contributed by atoms with Gasteiger partial charge in [0.25, 0.3) is 0 Å². The number of aliphatic imine (C=N–C) groups is 1. The standard InChI is InChI=1S/C17H25NO4S.CH4/c1-3-6-20-7-8-21-9-10-22-14-4-5-15(16(19)11-14)17-18-13(2)12-23-17;/h4-5,11,13,19H,3,6-10,12H2,1-2H3;1H4. The highest BCUT2D eigenvalue weighted by molar-refractivity contribution is 8.14. The summed E-state index contributed by atoms with van der Waals surface area (Å²) in [4.78, 5) is 4.51. The first-order valence-electron chi connectivity index (χ1n) is 8.03.